The molecule has 4 bridgehead atoms. The maximum absolute atomic E-state index is 13.3. The van der Waals surface area contributed by atoms with E-state index in [9.17, 15) is 9.59 Å². The minimum atomic E-state index is -0.0728. The van der Waals surface area contributed by atoms with Crippen LogP contribution in [0.15, 0.2) is 10.6 Å². The Morgan fingerprint density at radius 3 is 2.10 bits per heavy atom. The minimum Gasteiger partial charge on any atom is -0.360 e. The lowest BCUT2D eigenvalue weighted by Gasteiger charge is -2.56. The highest BCUT2D eigenvalue weighted by molar-refractivity contribution is 5.91. The molecule has 7 nitrogen and oxygen atoms in total. The van der Waals surface area contributed by atoms with Crippen molar-refractivity contribution in [1.29, 1.82) is 0 Å². The number of hydrogen-bond acceptors (Lipinski definition) is 6. The molecule has 4 aliphatic carbocycles. The summed E-state index contributed by atoms with van der Waals surface area (Å²) >= 11 is 0. The molecule has 2 heterocycles. The summed E-state index contributed by atoms with van der Waals surface area (Å²) in [4.78, 5) is 29.9. The normalized spacial score (nSPS) is 34.4. The fourth-order valence-electron chi connectivity index (χ4n) is 6.74. The summed E-state index contributed by atoms with van der Waals surface area (Å²) in [5.74, 6) is 4.02. The molecule has 6 rings (SSSR count). The number of piperazine rings is 1. The third-order valence-corrected chi connectivity index (χ3v) is 7.72. The Hall–Kier alpha value is -1.73. The number of nitrogens with one attached hydrogen (secondary N) is 1. The molecule has 4 saturated carbocycles. The predicted octanol–water partition coefficient (Wildman–Crippen LogP) is 2.32. The number of amides is 1. The first-order chi connectivity index (χ1) is 14.0. The zero-order chi connectivity index (χ0) is 20.0. The van der Waals surface area contributed by atoms with Gasteiger partial charge in [-0.15, -0.1) is 0 Å². The van der Waals surface area contributed by atoms with E-state index in [-0.39, 0.29) is 11.3 Å². The molecule has 0 unspecified atom stereocenters. The van der Waals surface area contributed by atoms with Crippen LogP contribution in [0.3, 0.4) is 0 Å². The quantitative estimate of drug-likeness (QED) is 0.790. The summed E-state index contributed by atoms with van der Waals surface area (Å²) in [5.41, 5.74) is 0.00148. The first kappa shape index (κ1) is 19.2. The van der Waals surface area contributed by atoms with Gasteiger partial charge >= 0.3 is 0 Å². The summed E-state index contributed by atoms with van der Waals surface area (Å²) in [5, 5.41) is 6.57. The number of anilines is 1. The maximum Gasteiger partial charge on any atom is 0.239 e. The number of ketones is 1. The molecule has 0 atom stereocenters. The zero-order valence-electron chi connectivity index (χ0n) is 17.4. The first-order valence-corrected chi connectivity index (χ1v) is 11.2. The van der Waals surface area contributed by atoms with E-state index < -0.39 is 0 Å². The number of carbonyl (C=O) groups is 2. The predicted molar refractivity (Wildman–Crippen MR) is 108 cm³/mol. The number of rotatable bonds is 6. The second-order valence-corrected chi connectivity index (χ2v) is 10.0. The molecular formula is C22H32N4O3. The second-order valence-electron chi connectivity index (χ2n) is 10.0. The van der Waals surface area contributed by atoms with Gasteiger partial charge in [-0.3, -0.25) is 19.4 Å². The van der Waals surface area contributed by atoms with Crippen molar-refractivity contribution in [3.63, 3.8) is 0 Å². The van der Waals surface area contributed by atoms with Crippen LogP contribution in [-0.2, 0) is 9.59 Å². The highest BCUT2D eigenvalue weighted by Gasteiger charge is 2.54. The highest BCUT2D eigenvalue weighted by atomic mass is 16.5. The number of aromatic nitrogens is 1. The van der Waals surface area contributed by atoms with Gasteiger partial charge in [-0.05, 0) is 63.2 Å². The molecule has 1 saturated heterocycles. The molecule has 5 fully saturated rings. The number of Topliss-reactive ketones (excluding diaryl/α,β-unsaturated/α-hetero) is 1. The average molecular weight is 401 g/mol. The molecule has 29 heavy (non-hydrogen) atoms. The summed E-state index contributed by atoms with van der Waals surface area (Å²) in [6.07, 6.45) is 7.59. The molecule has 1 amide bonds. The lowest BCUT2D eigenvalue weighted by Crippen LogP contribution is -2.55. The molecule has 0 spiro atoms. The van der Waals surface area contributed by atoms with Gasteiger partial charge in [0.15, 0.2) is 11.6 Å². The Kier molecular flexibility index (Phi) is 4.98. The SMILES string of the molecule is Cc1cc(NC(=O)CN2CCN(CC(=O)C34CC5CC(CC(C5)C3)C4)CC2)no1. The molecular weight excluding hydrogens is 368 g/mol. The van der Waals surface area contributed by atoms with E-state index in [1.165, 1.54) is 19.3 Å². The van der Waals surface area contributed by atoms with Crippen molar-refractivity contribution >= 4 is 17.5 Å². The van der Waals surface area contributed by atoms with Crippen LogP contribution < -0.4 is 5.32 Å². The number of carbonyl (C=O) groups excluding carboxylic acids is 2. The van der Waals surface area contributed by atoms with Gasteiger partial charge in [0.1, 0.15) is 5.76 Å². The van der Waals surface area contributed by atoms with E-state index in [0.29, 0.717) is 30.5 Å². The van der Waals surface area contributed by atoms with Gasteiger partial charge in [-0.2, -0.15) is 0 Å². The fraction of sp³-hybridized carbons (Fsp3) is 0.773. The van der Waals surface area contributed by atoms with Crippen molar-refractivity contribution in [3.05, 3.63) is 11.8 Å². The van der Waals surface area contributed by atoms with Crippen LogP contribution >= 0.6 is 0 Å². The van der Waals surface area contributed by atoms with Crippen molar-refractivity contribution in [1.82, 2.24) is 15.0 Å². The summed E-state index contributed by atoms with van der Waals surface area (Å²) < 4.78 is 4.98. The third kappa shape index (κ3) is 3.99. The Balaban J connectivity index is 1.09. The zero-order valence-corrected chi connectivity index (χ0v) is 17.4. The van der Waals surface area contributed by atoms with Crippen molar-refractivity contribution < 1.29 is 14.1 Å². The average Bonchev–Trinajstić information content (AvgIpc) is 3.06. The van der Waals surface area contributed by atoms with E-state index in [2.05, 4.69) is 20.3 Å². The van der Waals surface area contributed by atoms with Gasteiger partial charge in [-0.1, -0.05) is 5.16 Å². The van der Waals surface area contributed by atoms with E-state index in [1.54, 1.807) is 13.0 Å². The Morgan fingerprint density at radius 1 is 1.03 bits per heavy atom. The van der Waals surface area contributed by atoms with E-state index >= 15 is 0 Å². The van der Waals surface area contributed by atoms with Crippen LogP contribution in [0.1, 0.15) is 44.3 Å². The van der Waals surface area contributed by atoms with Crippen molar-refractivity contribution in [2.75, 3.05) is 44.6 Å². The monoisotopic (exact) mass is 400 g/mol. The molecule has 1 N–H and O–H groups in total. The minimum absolute atomic E-state index is 0.00148. The molecule has 0 aromatic carbocycles. The van der Waals surface area contributed by atoms with Gasteiger partial charge < -0.3 is 9.84 Å². The Labute approximate surface area is 172 Å². The smallest absolute Gasteiger partial charge is 0.239 e. The molecule has 0 radical (unpaired) electrons. The van der Waals surface area contributed by atoms with Crippen LogP contribution in [-0.4, -0.2) is 65.9 Å². The second kappa shape index (κ2) is 7.51. The lowest BCUT2D eigenvalue weighted by molar-refractivity contribution is -0.145. The molecule has 158 valence electrons. The van der Waals surface area contributed by atoms with Gasteiger partial charge in [0, 0.05) is 37.7 Å². The summed E-state index contributed by atoms with van der Waals surface area (Å²) in [7, 11) is 0. The van der Waals surface area contributed by atoms with Gasteiger partial charge in [-0.25, -0.2) is 0 Å². The van der Waals surface area contributed by atoms with Crippen molar-refractivity contribution in [2.45, 2.75) is 45.4 Å². The fourth-order valence-corrected chi connectivity index (χ4v) is 6.74. The van der Waals surface area contributed by atoms with Crippen LogP contribution in [0.25, 0.3) is 0 Å². The van der Waals surface area contributed by atoms with Crippen molar-refractivity contribution in [2.24, 2.45) is 23.2 Å². The Bertz CT molecular complexity index is 745. The first-order valence-electron chi connectivity index (χ1n) is 11.2. The topological polar surface area (TPSA) is 78.7 Å². The van der Waals surface area contributed by atoms with Crippen LogP contribution in [0.4, 0.5) is 5.82 Å². The third-order valence-electron chi connectivity index (χ3n) is 7.72. The lowest BCUT2D eigenvalue weighted by atomic mass is 9.48. The van der Waals surface area contributed by atoms with Crippen LogP contribution in [0, 0.1) is 30.1 Å². The molecule has 1 aliphatic heterocycles. The molecule has 1 aromatic rings. The Morgan fingerprint density at radius 2 is 1.59 bits per heavy atom. The summed E-state index contributed by atoms with van der Waals surface area (Å²) in [6.45, 7) is 6.10. The maximum atomic E-state index is 13.3. The van der Waals surface area contributed by atoms with E-state index in [0.717, 1.165) is 63.2 Å². The van der Waals surface area contributed by atoms with Crippen LogP contribution in [0.5, 0.6) is 0 Å². The van der Waals surface area contributed by atoms with Gasteiger partial charge in [0.05, 0.1) is 13.1 Å². The van der Waals surface area contributed by atoms with E-state index in [1.807, 2.05) is 0 Å². The number of nitrogens with zero attached hydrogens (tertiary/aromatic N) is 3. The number of aryl methyl sites for hydroxylation is 1. The summed E-state index contributed by atoms with van der Waals surface area (Å²) in [6, 6.07) is 1.71. The largest absolute Gasteiger partial charge is 0.360 e. The standard InChI is InChI=1S/C22H32N4O3/c1-15-6-20(24-29-15)23-21(28)14-26-4-2-25(3-5-26)13-19(27)22-10-16-7-17(11-22)9-18(8-16)12-22/h6,16-18H,2-5,7-14H2,1H3,(H,23,24,28). The van der Waals surface area contributed by atoms with Crippen LogP contribution in [0.2, 0.25) is 0 Å². The van der Waals surface area contributed by atoms with Gasteiger partial charge in [0.2, 0.25) is 5.91 Å². The van der Waals surface area contributed by atoms with Crippen molar-refractivity contribution in [3.8, 4) is 0 Å². The number of hydrogen-bond donors (Lipinski definition) is 1. The molecule has 7 heteroatoms. The molecule has 5 aliphatic rings. The van der Waals surface area contributed by atoms with E-state index in [4.69, 9.17) is 4.52 Å². The molecule has 1 aromatic heterocycles. The van der Waals surface area contributed by atoms with Gasteiger partial charge in [0.25, 0.3) is 0 Å². The highest BCUT2D eigenvalue weighted by Crippen LogP contribution is 2.60.